The van der Waals surface area contributed by atoms with Gasteiger partial charge in [0, 0.05) is 24.0 Å². The fraction of sp³-hybridized carbons (Fsp3) is 0.455. The quantitative estimate of drug-likeness (QED) is 0.804. The summed E-state index contributed by atoms with van der Waals surface area (Å²) in [5.74, 6) is 0.281. The van der Waals surface area contributed by atoms with Crippen molar-refractivity contribution in [1.29, 1.82) is 0 Å². The van der Waals surface area contributed by atoms with Crippen molar-refractivity contribution in [3.8, 4) is 0 Å². The Morgan fingerprint density at radius 3 is 2.41 bits per heavy atom. The molecule has 1 fully saturated rings. The normalized spacial score (nSPS) is 17.5. The number of halogens is 2. The Bertz CT molecular complexity index is 510. The Balaban J connectivity index is 2.36. The summed E-state index contributed by atoms with van der Waals surface area (Å²) in [6, 6.07) is 4.71. The highest BCUT2D eigenvalue weighted by atomic mass is 35.5. The molecule has 3 nitrogen and oxygen atoms in total. The van der Waals surface area contributed by atoms with Crippen molar-refractivity contribution in [1.82, 2.24) is 4.31 Å². The predicted octanol–water partition coefficient (Wildman–Crippen LogP) is 2.86. The summed E-state index contributed by atoms with van der Waals surface area (Å²) in [6.45, 7) is 1.19. The smallest absolute Gasteiger partial charge is 0.207 e. The number of benzene rings is 1. The Labute approximate surface area is 111 Å². The van der Waals surface area contributed by atoms with Gasteiger partial charge in [-0.1, -0.05) is 17.7 Å². The second kappa shape index (κ2) is 5.14. The van der Waals surface area contributed by atoms with E-state index in [0.29, 0.717) is 18.1 Å². The third-order valence-corrected chi connectivity index (χ3v) is 5.41. The SMILES string of the molecule is O=S(=O)(c1ccc(CCl)c(Cl)c1)N1CCCC1. The first-order chi connectivity index (χ1) is 8.05. The topological polar surface area (TPSA) is 37.4 Å². The average molecular weight is 294 g/mol. The molecule has 0 N–H and O–H groups in total. The summed E-state index contributed by atoms with van der Waals surface area (Å²) in [5, 5.41) is 0.403. The Morgan fingerprint density at radius 2 is 1.88 bits per heavy atom. The Kier molecular flexibility index (Phi) is 3.98. The number of nitrogens with zero attached hydrogens (tertiary/aromatic N) is 1. The van der Waals surface area contributed by atoms with Gasteiger partial charge < -0.3 is 0 Å². The minimum absolute atomic E-state index is 0.248. The standard InChI is InChI=1S/C11H13Cl2NO2S/c12-8-9-3-4-10(7-11(9)13)17(15,16)14-5-1-2-6-14/h3-4,7H,1-2,5-6,8H2. The number of rotatable bonds is 3. The van der Waals surface area contributed by atoms with E-state index in [2.05, 4.69) is 0 Å². The molecule has 0 saturated carbocycles. The molecule has 0 radical (unpaired) electrons. The van der Waals surface area contributed by atoms with E-state index in [1.165, 1.54) is 10.4 Å². The molecule has 0 unspecified atom stereocenters. The van der Waals surface area contributed by atoms with Crippen LogP contribution in [0.1, 0.15) is 18.4 Å². The van der Waals surface area contributed by atoms with Crippen molar-refractivity contribution in [3.05, 3.63) is 28.8 Å². The molecule has 0 amide bonds. The second-order valence-corrected chi connectivity index (χ2v) is 6.61. The van der Waals surface area contributed by atoms with Gasteiger partial charge >= 0.3 is 0 Å². The van der Waals surface area contributed by atoms with Crippen LogP contribution in [-0.2, 0) is 15.9 Å². The second-order valence-electron chi connectivity index (χ2n) is 4.00. The first kappa shape index (κ1) is 13.1. The fourth-order valence-corrected chi connectivity index (χ4v) is 4.03. The number of sulfonamides is 1. The van der Waals surface area contributed by atoms with Crippen LogP contribution in [0.4, 0.5) is 0 Å². The molecule has 0 bridgehead atoms. The minimum atomic E-state index is -3.38. The molecule has 0 aliphatic carbocycles. The molecule has 17 heavy (non-hydrogen) atoms. The van der Waals surface area contributed by atoms with Gasteiger partial charge in [0.25, 0.3) is 0 Å². The molecule has 2 rings (SSSR count). The predicted molar refractivity (Wildman–Crippen MR) is 69.0 cm³/mol. The molecule has 1 aromatic carbocycles. The van der Waals surface area contributed by atoms with Gasteiger partial charge in [0.15, 0.2) is 0 Å². The van der Waals surface area contributed by atoms with Crippen LogP contribution in [0, 0.1) is 0 Å². The molecule has 94 valence electrons. The van der Waals surface area contributed by atoms with Crippen molar-refractivity contribution >= 4 is 33.2 Å². The molecule has 0 aromatic heterocycles. The van der Waals surface area contributed by atoms with E-state index in [1.54, 1.807) is 12.1 Å². The van der Waals surface area contributed by atoms with Crippen LogP contribution in [0.25, 0.3) is 0 Å². The summed E-state index contributed by atoms with van der Waals surface area (Å²) >= 11 is 11.7. The summed E-state index contributed by atoms with van der Waals surface area (Å²) in [5.41, 5.74) is 0.744. The molecule has 0 spiro atoms. The summed E-state index contributed by atoms with van der Waals surface area (Å²) in [6.07, 6.45) is 1.85. The summed E-state index contributed by atoms with van der Waals surface area (Å²) in [7, 11) is -3.38. The summed E-state index contributed by atoms with van der Waals surface area (Å²) < 4.78 is 25.9. The van der Waals surface area contributed by atoms with E-state index in [4.69, 9.17) is 23.2 Å². The largest absolute Gasteiger partial charge is 0.243 e. The van der Waals surface area contributed by atoms with Crippen LogP contribution in [-0.4, -0.2) is 25.8 Å². The molecule has 1 aliphatic rings. The lowest BCUT2D eigenvalue weighted by atomic mass is 10.2. The van der Waals surface area contributed by atoms with Gasteiger partial charge in [-0.05, 0) is 30.5 Å². The maximum absolute atomic E-state index is 12.2. The van der Waals surface area contributed by atoms with Crippen molar-refractivity contribution in [2.45, 2.75) is 23.6 Å². The van der Waals surface area contributed by atoms with E-state index in [9.17, 15) is 8.42 Å². The van der Waals surface area contributed by atoms with Gasteiger partial charge in [0.05, 0.1) is 4.90 Å². The highest BCUT2D eigenvalue weighted by Gasteiger charge is 2.27. The lowest BCUT2D eigenvalue weighted by Crippen LogP contribution is -2.27. The monoisotopic (exact) mass is 293 g/mol. The molecule has 0 atom stereocenters. The lowest BCUT2D eigenvalue weighted by molar-refractivity contribution is 0.477. The molecule has 6 heteroatoms. The van der Waals surface area contributed by atoms with Crippen LogP contribution in [0.3, 0.4) is 0 Å². The zero-order valence-corrected chi connectivity index (χ0v) is 11.5. The van der Waals surface area contributed by atoms with Crippen molar-refractivity contribution in [3.63, 3.8) is 0 Å². The highest BCUT2D eigenvalue weighted by Crippen LogP contribution is 2.26. The van der Waals surface area contributed by atoms with E-state index in [1.807, 2.05) is 0 Å². The molecule has 1 aromatic rings. The maximum Gasteiger partial charge on any atom is 0.243 e. The van der Waals surface area contributed by atoms with Crippen LogP contribution in [0.5, 0.6) is 0 Å². The van der Waals surface area contributed by atoms with Gasteiger partial charge in [-0.15, -0.1) is 11.6 Å². The molecule has 1 aliphatic heterocycles. The number of hydrogen-bond acceptors (Lipinski definition) is 2. The van der Waals surface area contributed by atoms with Gasteiger partial charge in [-0.2, -0.15) is 4.31 Å². The zero-order chi connectivity index (χ0) is 12.5. The van der Waals surface area contributed by atoms with Crippen LogP contribution in [0.2, 0.25) is 5.02 Å². The van der Waals surface area contributed by atoms with E-state index >= 15 is 0 Å². The first-order valence-corrected chi connectivity index (χ1v) is 7.75. The van der Waals surface area contributed by atoms with E-state index in [-0.39, 0.29) is 10.8 Å². The summed E-state index contributed by atoms with van der Waals surface area (Å²) in [4.78, 5) is 0.248. The maximum atomic E-state index is 12.2. The minimum Gasteiger partial charge on any atom is -0.207 e. The first-order valence-electron chi connectivity index (χ1n) is 5.40. The lowest BCUT2D eigenvalue weighted by Gasteiger charge is -2.16. The molecule has 1 heterocycles. The van der Waals surface area contributed by atoms with Crippen LogP contribution < -0.4 is 0 Å². The molecular weight excluding hydrogens is 281 g/mol. The Hall–Kier alpha value is -0.290. The van der Waals surface area contributed by atoms with Gasteiger partial charge in [0.2, 0.25) is 10.0 Å². The number of alkyl halides is 1. The molecular formula is C11H13Cl2NO2S. The van der Waals surface area contributed by atoms with E-state index in [0.717, 1.165) is 18.4 Å². The van der Waals surface area contributed by atoms with Crippen molar-refractivity contribution < 1.29 is 8.42 Å². The van der Waals surface area contributed by atoms with Crippen molar-refractivity contribution in [2.24, 2.45) is 0 Å². The van der Waals surface area contributed by atoms with Gasteiger partial charge in [0.1, 0.15) is 0 Å². The zero-order valence-electron chi connectivity index (χ0n) is 9.20. The van der Waals surface area contributed by atoms with Crippen LogP contribution >= 0.6 is 23.2 Å². The Morgan fingerprint density at radius 1 is 1.24 bits per heavy atom. The van der Waals surface area contributed by atoms with Gasteiger partial charge in [-0.3, -0.25) is 0 Å². The third-order valence-electron chi connectivity index (χ3n) is 2.87. The average Bonchev–Trinajstić information content (AvgIpc) is 2.83. The third kappa shape index (κ3) is 2.60. The van der Waals surface area contributed by atoms with E-state index < -0.39 is 10.0 Å². The highest BCUT2D eigenvalue weighted by molar-refractivity contribution is 7.89. The number of hydrogen-bond donors (Lipinski definition) is 0. The van der Waals surface area contributed by atoms with Crippen LogP contribution in [0.15, 0.2) is 23.1 Å². The van der Waals surface area contributed by atoms with Crippen molar-refractivity contribution in [2.75, 3.05) is 13.1 Å². The molecule has 1 saturated heterocycles. The fourth-order valence-electron chi connectivity index (χ4n) is 1.87. The van der Waals surface area contributed by atoms with Gasteiger partial charge in [-0.25, -0.2) is 8.42 Å².